The van der Waals surface area contributed by atoms with E-state index in [1.54, 1.807) is 11.5 Å². The van der Waals surface area contributed by atoms with Crippen molar-refractivity contribution in [2.24, 2.45) is 0 Å². The van der Waals surface area contributed by atoms with E-state index in [4.69, 9.17) is 5.11 Å². The van der Waals surface area contributed by atoms with Crippen LogP contribution in [0.1, 0.15) is 15.9 Å². The number of carboxylic acid groups (broad SMARTS) is 1. The fraction of sp³-hybridized carbons (Fsp3) is 0.154. The van der Waals surface area contributed by atoms with Crippen molar-refractivity contribution in [2.75, 3.05) is 10.1 Å². The molecule has 0 amide bonds. The third-order valence-corrected chi connectivity index (χ3v) is 4.37. The van der Waals surface area contributed by atoms with E-state index in [1.165, 1.54) is 17.8 Å². The quantitative estimate of drug-likeness (QED) is 0.803. The zero-order valence-corrected chi connectivity index (χ0v) is 13.0. The first-order valence-corrected chi connectivity index (χ1v) is 8.27. The molecule has 0 aliphatic carbocycles. The molecule has 0 saturated carbocycles. The van der Waals surface area contributed by atoms with Gasteiger partial charge >= 0.3 is 12.1 Å². The van der Waals surface area contributed by atoms with Crippen molar-refractivity contribution in [2.45, 2.75) is 6.18 Å². The molecular formula is C13H10F3NO4S2. The molecule has 1 aromatic carbocycles. The van der Waals surface area contributed by atoms with Gasteiger partial charge in [-0.15, -0.1) is 11.8 Å². The maximum absolute atomic E-state index is 12.7. The van der Waals surface area contributed by atoms with Crippen molar-refractivity contribution < 1.29 is 31.5 Å². The molecule has 0 aromatic heterocycles. The Morgan fingerprint density at radius 3 is 2.48 bits per heavy atom. The predicted octanol–water partition coefficient (Wildman–Crippen LogP) is 2.88. The molecule has 0 unspecified atom stereocenters. The number of nitrogens with zero attached hydrogens (tertiary/aromatic N) is 1. The average molecular weight is 365 g/mol. The first kappa shape index (κ1) is 17.4. The van der Waals surface area contributed by atoms with Crippen LogP contribution in [0.3, 0.4) is 0 Å². The highest BCUT2D eigenvalue weighted by Gasteiger charge is 2.33. The summed E-state index contributed by atoms with van der Waals surface area (Å²) >= 11 is 1.39. The summed E-state index contributed by atoms with van der Waals surface area (Å²) in [7, 11) is -3.28. The molecule has 124 valence electrons. The van der Waals surface area contributed by atoms with E-state index in [2.05, 4.69) is 0 Å². The van der Waals surface area contributed by atoms with Crippen molar-refractivity contribution in [3.63, 3.8) is 0 Å². The van der Waals surface area contributed by atoms with Crippen molar-refractivity contribution in [1.29, 1.82) is 0 Å². The van der Waals surface area contributed by atoms with Crippen LogP contribution in [0.15, 0.2) is 41.5 Å². The second kappa shape index (κ2) is 6.67. The van der Waals surface area contributed by atoms with Crippen LogP contribution in [0.4, 0.5) is 18.9 Å². The summed E-state index contributed by atoms with van der Waals surface area (Å²) in [5.41, 5.74) is -2.07. The third-order valence-electron chi connectivity index (χ3n) is 2.91. The number of alkyl halides is 3. The predicted molar refractivity (Wildman–Crippen MR) is 80.9 cm³/mol. The Morgan fingerprint density at radius 1 is 1.30 bits per heavy atom. The van der Waals surface area contributed by atoms with Gasteiger partial charge in [-0.25, -0.2) is 17.5 Å². The summed E-state index contributed by atoms with van der Waals surface area (Å²) < 4.78 is 61.9. The molecule has 0 saturated heterocycles. The molecule has 1 aliphatic heterocycles. The summed E-state index contributed by atoms with van der Waals surface area (Å²) in [6.07, 6.45) is -1.74. The molecule has 1 heterocycles. The van der Waals surface area contributed by atoms with Crippen molar-refractivity contribution in [1.82, 2.24) is 0 Å². The molecule has 0 radical (unpaired) electrons. The molecule has 0 spiro atoms. The largest absolute Gasteiger partial charge is 0.478 e. The second-order valence-electron chi connectivity index (χ2n) is 4.35. The monoisotopic (exact) mass is 365 g/mol. The van der Waals surface area contributed by atoms with Gasteiger partial charge in [-0.2, -0.15) is 13.2 Å². The number of carboxylic acids is 1. The molecule has 2 rings (SSSR count). The lowest BCUT2D eigenvalue weighted by Crippen LogP contribution is -2.23. The number of allylic oxidation sites excluding steroid dienone is 1. The van der Waals surface area contributed by atoms with E-state index in [1.807, 2.05) is 0 Å². The molecule has 23 heavy (non-hydrogen) atoms. The Morgan fingerprint density at radius 2 is 2.00 bits per heavy atom. The maximum Gasteiger partial charge on any atom is 0.416 e. The minimum Gasteiger partial charge on any atom is -0.478 e. The normalized spacial score (nSPS) is 14.7. The highest BCUT2D eigenvalue weighted by atomic mass is 32.2. The van der Waals surface area contributed by atoms with Gasteiger partial charge in [0.25, 0.3) is 0 Å². The Kier molecular flexibility index (Phi) is 5.05. The van der Waals surface area contributed by atoms with Crippen LogP contribution >= 0.6 is 11.8 Å². The standard InChI is InChI=1S/C13H10F3NO4S2/c14-13(15,16)8-1-2-11(10(7-8)12(18)19)17(23(20)21)9-3-5-22-6-4-9/h1-5,7,23H,6H2,(H,18,19). The number of benzene rings is 1. The van der Waals surface area contributed by atoms with Crippen LogP contribution in [-0.4, -0.2) is 25.2 Å². The smallest absolute Gasteiger partial charge is 0.416 e. The lowest BCUT2D eigenvalue weighted by Gasteiger charge is -2.22. The average Bonchev–Trinajstić information content (AvgIpc) is 2.47. The van der Waals surface area contributed by atoms with E-state index >= 15 is 0 Å². The molecule has 5 nitrogen and oxygen atoms in total. The van der Waals surface area contributed by atoms with E-state index in [0.29, 0.717) is 22.2 Å². The Balaban J connectivity index is 2.62. The Labute approximate surface area is 135 Å². The van der Waals surface area contributed by atoms with Crippen LogP contribution in [0.5, 0.6) is 0 Å². The number of thioether (sulfide) groups is 1. The SMILES string of the molecule is O=C(O)c1cc(C(F)(F)F)ccc1N(C1=CCSC=C1)[SH](=O)=O. The molecule has 1 aliphatic rings. The number of aromatic carboxylic acids is 1. The van der Waals surface area contributed by atoms with E-state index in [9.17, 15) is 26.4 Å². The Hall–Kier alpha value is -1.94. The minimum absolute atomic E-state index is 0.183. The molecule has 1 N–H and O–H groups in total. The highest BCUT2D eigenvalue weighted by molar-refractivity contribution is 8.02. The van der Waals surface area contributed by atoms with Gasteiger partial charge in [0.05, 0.1) is 22.5 Å². The van der Waals surface area contributed by atoms with Gasteiger partial charge in [0, 0.05) is 5.75 Å². The van der Waals surface area contributed by atoms with Gasteiger partial charge < -0.3 is 5.11 Å². The van der Waals surface area contributed by atoms with Gasteiger partial charge in [0.1, 0.15) is 0 Å². The molecule has 1 aromatic rings. The van der Waals surface area contributed by atoms with Gasteiger partial charge in [-0.05, 0) is 35.8 Å². The lowest BCUT2D eigenvalue weighted by atomic mass is 10.1. The topological polar surface area (TPSA) is 74.7 Å². The molecule has 10 heteroatoms. The number of carbonyl (C=O) groups is 1. The van der Waals surface area contributed by atoms with Crippen molar-refractivity contribution >= 4 is 34.3 Å². The van der Waals surface area contributed by atoms with Gasteiger partial charge in [-0.3, -0.25) is 0 Å². The molecule has 0 bridgehead atoms. The van der Waals surface area contributed by atoms with Crippen molar-refractivity contribution in [3.05, 3.63) is 52.6 Å². The van der Waals surface area contributed by atoms with Crippen LogP contribution in [0.2, 0.25) is 0 Å². The molecular weight excluding hydrogens is 355 g/mol. The number of thiol groups is 1. The number of hydrogen-bond donors (Lipinski definition) is 2. The summed E-state index contributed by atoms with van der Waals surface area (Å²) in [5, 5.41) is 10.8. The highest BCUT2D eigenvalue weighted by Crippen LogP contribution is 2.34. The van der Waals surface area contributed by atoms with Crippen molar-refractivity contribution in [3.8, 4) is 0 Å². The van der Waals surface area contributed by atoms with Gasteiger partial charge in [-0.1, -0.05) is 0 Å². The maximum atomic E-state index is 12.7. The summed E-state index contributed by atoms with van der Waals surface area (Å²) in [5.74, 6) is -1.18. The second-order valence-corrected chi connectivity index (χ2v) is 6.16. The summed E-state index contributed by atoms with van der Waals surface area (Å²) in [4.78, 5) is 11.3. The fourth-order valence-electron chi connectivity index (χ4n) is 1.92. The number of halogens is 3. The summed E-state index contributed by atoms with van der Waals surface area (Å²) in [6.45, 7) is 0. The number of anilines is 1. The van der Waals surface area contributed by atoms with E-state index < -0.39 is 34.2 Å². The number of rotatable bonds is 4. The fourth-order valence-corrected chi connectivity index (χ4v) is 3.22. The third kappa shape index (κ3) is 3.88. The van der Waals surface area contributed by atoms with Crippen LogP contribution in [-0.2, 0) is 17.1 Å². The van der Waals surface area contributed by atoms with E-state index in [-0.39, 0.29) is 11.4 Å². The zero-order chi connectivity index (χ0) is 17.2. The Bertz CT molecular complexity index is 761. The van der Waals surface area contributed by atoms with Crippen LogP contribution < -0.4 is 4.31 Å². The summed E-state index contributed by atoms with van der Waals surface area (Å²) in [6, 6.07) is 1.91. The molecule has 0 fully saturated rings. The zero-order valence-electron chi connectivity index (χ0n) is 11.3. The number of hydrogen-bond acceptors (Lipinski definition) is 4. The van der Waals surface area contributed by atoms with Gasteiger partial charge in [0.2, 0.25) is 10.9 Å². The molecule has 0 atom stereocenters. The van der Waals surface area contributed by atoms with Crippen LogP contribution in [0, 0.1) is 0 Å². The minimum atomic E-state index is -4.73. The van der Waals surface area contributed by atoms with Gasteiger partial charge in [0.15, 0.2) is 0 Å². The van der Waals surface area contributed by atoms with E-state index in [0.717, 1.165) is 6.07 Å². The first-order valence-electron chi connectivity index (χ1n) is 6.09. The first-order chi connectivity index (χ1) is 10.7. The lowest BCUT2D eigenvalue weighted by molar-refractivity contribution is -0.137. The van der Waals surface area contributed by atoms with Crippen LogP contribution in [0.25, 0.3) is 0 Å².